The van der Waals surface area contributed by atoms with Crippen LogP contribution in [-0.4, -0.2) is 8.42 Å². The molecule has 2 aromatic rings. The predicted molar refractivity (Wildman–Crippen MR) is 75.7 cm³/mol. The van der Waals surface area contributed by atoms with Crippen LogP contribution in [0, 0.1) is 11.3 Å². The van der Waals surface area contributed by atoms with E-state index in [2.05, 4.69) is 4.72 Å². The van der Waals surface area contributed by atoms with E-state index in [1.165, 1.54) is 24.3 Å². The van der Waals surface area contributed by atoms with Crippen LogP contribution in [-0.2, 0) is 10.0 Å². The fourth-order valence-electron chi connectivity index (χ4n) is 1.33. The molecule has 98 valence electrons. The third-order valence-corrected chi connectivity index (χ3v) is 5.35. The summed E-state index contributed by atoms with van der Waals surface area (Å²) in [6.07, 6.45) is 0. The van der Waals surface area contributed by atoms with Crippen molar-refractivity contribution in [1.82, 2.24) is 0 Å². The van der Waals surface area contributed by atoms with E-state index in [0.29, 0.717) is 10.6 Å². The molecule has 1 heterocycles. The first-order chi connectivity index (χ1) is 8.92. The summed E-state index contributed by atoms with van der Waals surface area (Å²) in [6, 6.07) is 9.18. The van der Waals surface area contributed by atoms with Crippen molar-refractivity contribution in [1.29, 1.82) is 5.26 Å². The number of hydrogen-bond donors (Lipinski definition) is 2. The zero-order valence-corrected chi connectivity index (χ0v) is 11.8. The molecule has 0 aliphatic heterocycles. The molecule has 0 fully saturated rings. The third kappa shape index (κ3) is 2.98. The molecule has 0 bridgehead atoms. The topological polar surface area (TPSA) is 96.0 Å². The molecule has 1 aromatic carbocycles. The smallest absolute Gasteiger partial charge is 0.271 e. The molecule has 0 aliphatic carbocycles. The van der Waals surface area contributed by atoms with Gasteiger partial charge in [0.1, 0.15) is 15.2 Å². The van der Waals surface area contributed by atoms with Gasteiger partial charge in [-0.25, -0.2) is 8.42 Å². The number of anilines is 2. The zero-order chi connectivity index (χ0) is 14.0. The van der Waals surface area contributed by atoms with E-state index in [-0.39, 0.29) is 14.9 Å². The molecule has 3 N–H and O–H groups in total. The minimum atomic E-state index is -3.75. The molecule has 0 spiro atoms. The van der Waals surface area contributed by atoms with E-state index in [4.69, 9.17) is 22.6 Å². The summed E-state index contributed by atoms with van der Waals surface area (Å²) in [7, 11) is -3.75. The molecule has 5 nitrogen and oxygen atoms in total. The second kappa shape index (κ2) is 5.09. The summed E-state index contributed by atoms with van der Waals surface area (Å²) in [6.45, 7) is 0. The average molecular weight is 314 g/mol. The van der Waals surface area contributed by atoms with Crippen molar-refractivity contribution >= 4 is 44.3 Å². The van der Waals surface area contributed by atoms with Crippen molar-refractivity contribution in [3.8, 4) is 6.07 Å². The SMILES string of the molecule is N#Cc1ccc(S(=O)(=O)Nc2ccc(N)cc2Cl)s1. The minimum Gasteiger partial charge on any atom is -0.399 e. The van der Waals surface area contributed by atoms with Gasteiger partial charge in [-0.3, -0.25) is 4.72 Å². The molecule has 19 heavy (non-hydrogen) atoms. The van der Waals surface area contributed by atoms with Crippen LogP contribution in [0.4, 0.5) is 11.4 Å². The molecule has 2 rings (SSSR count). The monoisotopic (exact) mass is 313 g/mol. The number of halogens is 1. The van der Waals surface area contributed by atoms with Gasteiger partial charge in [-0.05, 0) is 30.3 Å². The number of benzene rings is 1. The van der Waals surface area contributed by atoms with Gasteiger partial charge < -0.3 is 5.73 Å². The lowest BCUT2D eigenvalue weighted by Crippen LogP contribution is -2.11. The van der Waals surface area contributed by atoms with Crippen LogP contribution in [0.5, 0.6) is 0 Å². The van der Waals surface area contributed by atoms with Crippen LogP contribution in [0.2, 0.25) is 5.02 Å². The molecule has 8 heteroatoms. The molecule has 0 saturated heterocycles. The first-order valence-electron chi connectivity index (χ1n) is 5.00. The lowest BCUT2D eigenvalue weighted by Gasteiger charge is -2.08. The van der Waals surface area contributed by atoms with Crippen molar-refractivity contribution in [2.45, 2.75) is 4.21 Å². The van der Waals surface area contributed by atoms with Crippen LogP contribution in [0.15, 0.2) is 34.5 Å². The van der Waals surface area contributed by atoms with Crippen molar-refractivity contribution in [3.05, 3.63) is 40.2 Å². The van der Waals surface area contributed by atoms with Gasteiger partial charge in [-0.1, -0.05) is 11.6 Å². The van der Waals surface area contributed by atoms with E-state index in [0.717, 1.165) is 11.3 Å². The third-order valence-electron chi connectivity index (χ3n) is 2.19. The van der Waals surface area contributed by atoms with E-state index < -0.39 is 10.0 Å². The Morgan fingerprint density at radius 2 is 2.05 bits per heavy atom. The normalized spacial score (nSPS) is 10.9. The first-order valence-corrected chi connectivity index (χ1v) is 7.68. The largest absolute Gasteiger partial charge is 0.399 e. The van der Waals surface area contributed by atoms with Gasteiger partial charge in [0.05, 0.1) is 10.7 Å². The maximum absolute atomic E-state index is 12.1. The maximum Gasteiger partial charge on any atom is 0.271 e. The van der Waals surface area contributed by atoms with Gasteiger partial charge in [-0.2, -0.15) is 5.26 Å². The average Bonchev–Trinajstić information content (AvgIpc) is 2.82. The molecule has 0 aliphatic rings. The van der Waals surface area contributed by atoms with Crippen molar-refractivity contribution < 1.29 is 8.42 Å². The molecule has 0 radical (unpaired) electrons. The molecule has 0 atom stereocenters. The highest BCUT2D eigenvalue weighted by Crippen LogP contribution is 2.28. The molecule has 0 unspecified atom stereocenters. The molecular formula is C11H8ClN3O2S2. The van der Waals surface area contributed by atoms with E-state index in [9.17, 15) is 8.42 Å². The van der Waals surface area contributed by atoms with Gasteiger partial charge in [0.25, 0.3) is 10.0 Å². The number of hydrogen-bond acceptors (Lipinski definition) is 5. The summed E-state index contributed by atoms with van der Waals surface area (Å²) in [5.41, 5.74) is 6.21. The highest BCUT2D eigenvalue weighted by atomic mass is 35.5. The van der Waals surface area contributed by atoms with Gasteiger partial charge >= 0.3 is 0 Å². The van der Waals surface area contributed by atoms with Crippen LogP contribution in [0.25, 0.3) is 0 Å². The Kier molecular flexibility index (Phi) is 3.66. The number of sulfonamides is 1. The fraction of sp³-hybridized carbons (Fsp3) is 0. The number of nitrogens with two attached hydrogens (primary N) is 1. The molecule has 0 amide bonds. The molecule has 0 saturated carbocycles. The van der Waals surface area contributed by atoms with Gasteiger partial charge in [0.15, 0.2) is 0 Å². The van der Waals surface area contributed by atoms with Crippen LogP contribution in [0.3, 0.4) is 0 Å². The molecular weight excluding hydrogens is 306 g/mol. The van der Waals surface area contributed by atoms with Gasteiger partial charge in [-0.15, -0.1) is 11.3 Å². The standard InChI is InChI=1S/C11H8ClN3O2S2/c12-9-5-7(14)1-3-10(9)15-19(16,17)11-4-2-8(6-13)18-11/h1-5,15H,14H2. The highest BCUT2D eigenvalue weighted by molar-refractivity contribution is 7.94. The van der Waals surface area contributed by atoms with E-state index in [1.807, 2.05) is 6.07 Å². The second-order valence-electron chi connectivity index (χ2n) is 3.58. The predicted octanol–water partition coefficient (Wildman–Crippen LogP) is 2.66. The number of nitrogen functional groups attached to an aromatic ring is 1. The highest BCUT2D eigenvalue weighted by Gasteiger charge is 2.18. The van der Waals surface area contributed by atoms with Crippen molar-refractivity contribution in [3.63, 3.8) is 0 Å². The first kappa shape index (κ1) is 13.7. The Balaban J connectivity index is 2.34. The Labute approximate surface area is 119 Å². The summed E-state index contributed by atoms with van der Waals surface area (Å²) >= 11 is 6.79. The summed E-state index contributed by atoms with van der Waals surface area (Å²) in [4.78, 5) is 0.323. The van der Waals surface area contributed by atoms with Crippen molar-refractivity contribution in [2.24, 2.45) is 0 Å². The number of nitriles is 1. The summed E-state index contributed by atoms with van der Waals surface area (Å²) in [5, 5.41) is 8.90. The second-order valence-corrected chi connectivity index (χ2v) is 6.98. The van der Waals surface area contributed by atoms with E-state index >= 15 is 0 Å². The van der Waals surface area contributed by atoms with Gasteiger partial charge in [0.2, 0.25) is 0 Å². The van der Waals surface area contributed by atoms with Crippen molar-refractivity contribution in [2.75, 3.05) is 10.5 Å². The maximum atomic E-state index is 12.1. The zero-order valence-electron chi connectivity index (χ0n) is 9.42. The fourth-order valence-corrected chi connectivity index (χ4v) is 3.81. The van der Waals surface area contributed by atoms with Gasteiger partial charge in [0, 0.05) is 5.69 Å². The Morgan fingerprint density at radius 3 is 2.63 bits per heavy atom. The Bertz CT molecular complexity index is 762. The number of rotatable bonds is 3. The van der Waals surface area contributed by atoms with Crippen LogP contribution < -0.4 is 10.5 Å². The lowest BCUT2D eigenvalue weighted by molar-refractivity contribution is 0.603. The number of nitrogens with zero attached hydrogens (tertiary/aromatic N) is 1. The summed E-state index contributed by atoms with van der Waals surface area (Å²) in [5.74, 6) is 0. The number of thiophene rings is 1. The van der Waals surface area contributed by atoms with Crippen LogP contribution >= 0.6 is 22.9 Å². The lowest BCUT2D eigenvalue weighted by atomic mass is 10.3. The Morgan fingerprint density at radius 1 is 1.32 bits per heavy atom. The molecule has 1 aromatic heterocycles. The van der Waals surface area contributed by atoms with Crippen LogP contribution in [0.1, 0.15) is 4.88 Å². The quantitative estimate of drug-likeness (QED) is 0.851. The summed E-state index contributed by atoms with van der Waals surface area (Å²) < 4.78 is 26.5. The van der Waals surface area contributed by atoms with E-state index in [1.54, 1.807) is 6.07 Å². The minimum absolute atomic E-state index is 0.0527. The number of nitrogens with one attached hydrogen (secondary N) is 1. The Hall–Kier alpha value is -1.75.